The van der Waals surface area contributed by atoms with Crippen LogP contribution in [0.15, 0.2) is 36.7 Å². The normalized spacial score (nSPS) is 12.0. The second-order valence-corrected chi connectivity index (χ2v) is 8.74. The highest BCUT2D eigenvalue weighted by atomic mass is 35.5. The zero-order chi connectivity index (χ0) is 17.5. The van der Waals surface area contributed by atoms with Crippen LogP contribution in [0.2, 0.25) is 5.02 Å². The standard InChI is InChI=1S/C18H19ClN2O2S/c1-4-24(22,23)11-13-7-14(10-20-9-13)18-12(2)16-6-5-15(19)8-17(16)21(18)3/h5-10H,4,11H2,1-3H3. The molecule has 4 nitrogen and oxygen atoms in total. The Morgan fingerprint density at radius 1 is 1.21 bits per heavy atom. The van der Waals surface area contributed by atoms with E-state index in [2.05, 4.69) is 16.5 Å². The summed E-state index contributed by atoms with van der Waals surface area (Å²) < 4.78 is 25.8. The van der Waals surface area contributed by atoms with Gasteiger partial charge in [-0.05, 0) is 36.2 Å². The van der Waals surface area contributed by atoms with Crippen LogP contribution in [-0.4, -0.2) is 23.7 Å². The van der Waals surface area contributed by atoms with E-state index >= 15 is 0 Å². The minimum absolute atomic E-state index is 0.0131. The summed E-state index contributed by atoms with van der Waals surface area (Å²) in [7, 11) is -1.10. The fraction of sp³-hybridized carbons (Fsp3) is 0.278. The minimum Gasteiger partial charge on any atom is -0.343 e. The molecule has 2 aromatic heterocycles. The molecule has 0 unspecified atom stereocenters. The molecule has 0 bridgehead atoms. The number of hydrogen-bond acceptors (Lipinski definition) is 3. The zero-order valence-electron chi connectivity index (χ0n) is 13.9. The minimum atomic E-state index is -3.09. The number of fused-ring (bicyclic) bond motifs is 1. The average Bonchev–Trinajstić information content (AvgIpc) is 2.78. The molecule has 0 amide bonds. The molecule has 0 aliphatic carbocycles. The van der Waals surface area contributed by atoms with E-state index in [0.717, 1.165) is 27.7 Å². The summed E-state index contributed by atoms with van der Waals surface area (Å²) in [5.74, 6) is 0.141. The lowest BCUT2D eigenvalue weighted by Gasteiger charge is -2.08. The van der Waals surface area contributed by atoms with E-state index in [4.69, 9.17) is 11.6 Å². The van der Waals surface area contributed by atoms with Crippen LogP contribution in [0.3, 0.4) is 0 Å². The Labute approximate surface area is 147 Å². The third-order valence-corrected chi connectivity index (χ3v) is 6.20. The summed E-state index contributed by atoms with van der Waals surface area (Å²) in [6, 6.07) is 7.73. The lowest BCUT2D eigenvalue weighted by molar-refractivity contribution is 0.596. The van der Waals surface area contributed by atoms with E-state index in [9.17, 15) is 8.42 Å². The highest BCUT2D eigenvalue weighted by Gasteiger charge is 2.16. The Balaban J connectivity index is 2.15. The number of halogens is 1. The lowest BCUT2D eigenvalue weighted by Crippen LogP contribution is -2.07. The molecular formula is C18H19ClN2O2S. The van der Waals surface area contributed by atoms with Gasteiger partial charge in [-0.3, -0.25) is 4.98 Å². The number of rotatable bonds is 4. The molecule has 0 fully saturated rings. The summed E-state index contributed by atoms with van der Waals surface area (Å²) >= 11 is 6.12. The van der Waals surface area contributed by atoms with Gasteiger partial charge in [0.1, 0.15) is 0 Å². The fourth-order valence-electron chi connectivity index (χ4n) is 3.06. The molecule has 0 aliphatic rings. The van der Waals surface area contributed by atoms with Crippen molar-refractivity contribution < 1.29 is 8.42 Å². The van der Waals surface area contributed by atoms with Gasteiger partial charge < -0.3 is 4.57 Å². The molecule has 3 rings (SSSR count). The van der Waals surface area contributed by atoms with E-state index in [1.54, 1.807) is 19.3 Å². The third kappa shape index (κ3) is 3.06. The summed E-state index contributed by atoms with van der Waals surface area (Å²) in [5, 5.41) is 1.82. The molecule has 2 heterocycles. The van der Waals surface area contributed by atoms with Crippen LogP contribution in [0.25, 0.3) is 22.2 Å². The van der Waals surface area contributed by atoms with Crippen LogP contribution >= 0.6 is 11.6 Å². The molecule has 0 saturated heterocycles. The molecule has 0 N–H and O–H groups in total. The quantitative estimate of drug-likeness (QED) is 0.701. The Bertz CT molecular complexity index is 1020. The van der Waals surface area contributed by atoms with Crippen LogP contribution in [0.4, 0.5) is 0 Å². The first-order valence-electron chi connectivity index (χ1n) is 7.71. The Hall–Kier alpha value is -1.85. The molecule has 126 valence electrons. The van der Waals surface area contributed by atoms with Crippen LogP contribution in [-0.2, 0) is 22.6 Å². The number of aromatic nitrogens is 2. The summed E-state index contributed by atoms with van der Waals surface area (Å²) in [4.78, 5) is 4.25. The summed E-state index contributed by atoms with van der Waals surface area (Å²) in [6.07, 6.45) is 3.39. The molecule has 0 atom stereocenters. The highest BCUT2D eigenvalue weighted by molar-refractivity contribution is 7.90. The largest absolute Gasteiger partial charge is 0.343 e. The van der Waals surface area contributed by atoms with Crippen molar-refractivity contribution in [2.45, 2.75) is 19.6 Å². The summed E-state index contributed by atoms with van der Waals surface area (Å²) in [5.41, 5.74) is 4.81. The number of sulfone groups is 1. The molecule has 0 spiro atoms. The first kappa shape index (κ1) is 17.0. The van der Waals surface area contributed by atoms with Gasteiger partial charge in [0.25, 0.3) is 0 Å². The fourth-order valence-corrected chi connectivity index (χ4v) is 4.10. The average molecular weight is 363 g/mol. The van der Waals surface area contributed by atoms with Crippen molar-refractivity contribution in [2.75, 3.05) is 5.75 Å². The van der Waals surface area contributed by atoms with Crippen molar-refractivity contribution >= 4 is 32.3 Å². The van der Waals surface area contributed by atoms with Gasteiger partial charge in [0.15, 0.2) is 9.84 Å². The van der Waals surface area contributed by atoms with E-state index < -0.39 is 9.84 Å². The van der Waals surface area contributed by atoms with Crippen molar-refractivity contribution in [1.29, 1.82) is 0 Å². The summed E-state index contributed by atoms with van der Waals surface area (Å²) in [6.45, 7) is 3.71. The topological polar surface area (TPSA) is 52.0 Å². The van der Waals surface area contributed by atoms with E-state index in [-0.39, 0.29) is 11.5 Å². The highest BCUT2D eigenvalue weighted by Crippen LogP contribution is 2.33. The zero-order valence-corrected chi connectivity index (χ0v) is 15.4. The third-order valence-electron chi connectivity index (χ3n) is 4.31. The van der Waals surface area contributed by atoms with Gasteiger partial charge in [0.2, 0.25) is 0 Å². The van der Waals surface area contributed by atoms with Crippen LogP contribution in [0, 0.1) is 6.92 Å². The molecule has 0 saturated carbocycles. The second kappa shape index (κ2) is 6.22. The number of benzene rings is 1. The van der Waals surface area contributed by atoms with Crippen molar-refractivity contribution in [1.82, 2.24) is 9.55 Å². The smallest absolute Gasteiger partial charge is 0.154 e. The SMILES string of the molecule is CCS(=O)(=O)Cc1cncc(-c2c(C)c3ccc(Cl)cc3n2C)c1. The first-order chi connectivity index (χ1) is 11.3. The molecule has 24 heavy (non-hydrogen) atoms. The molecule has 0 aliphatic heterocycles. The number of aryl methyl sites for hydroxylation is 2. The molecule has 3 aromatic rings. The molecule has 0 radical (unpaired) electrons. The van der Waals surface area contributed by atoms with Crippen molar-refractivity contribution in [2.24, 2.45) is 7.05 Å². The predicted molar refractivity (Wildman–Crippen MR) is 99.1 cm³/mol. The van der Waals surface area contributed by atoms with Crippen LogP contribution < -0.4 is 0 Å². The van der Waals surface area contributed by atoms with Crippen molar-refractivity contribution in [3.05, 3.63) is 52.8 Å². The molecule has 6 heteroatoms. The van der Waals surface area contributed by atoms with Gasteiger partial charge >= 0.3 is 0 Å². The van der Waals surface area contributed by atoms with E-state index in [1.165, 1.54) is 0 Å². The van der Waals surface area contributed by atoms with E-state index in [1.807, 2.05) is 31.3 Å². The van der Waals surface area contributed by atoms with Gasteiger partial charge in [-0.1, -0.05) is 24.6 Å². The monoisotopic (exact) mass is 362 g/mol. The molecule has 1 aromatic carbocycles. The maximum Gasteiger partial charge on any atom is 0.154 e. The Kier molecular flexibility index (Phi) is 4.40. The van der Waals surface area contributed by atoms with Gasteiger partial charge in [-0.2, -0.15) is 0 Å². The van der Waals surface area contributed by atoms with Crippen LogP contribution in [0.5, 0.6) is 0 Å². The van der Waals surface area contributed by atoms with Gasteiger partial charge in [0.05, 0.1) is 11.4 Å². The Morgan fingerprint density at radius 2 is 1.96 bits per heavy atom. The lowest BCUT2D eigenvalue weighted by atomic mass is 10.1. The van der Waals surface area contributed by atoms with Crippen molar-refractivity contribution in [3.8, 4) is 11.3 Å². The number of hydrogen-bond donors (Lipinski definition) is 0. The van der Waals surface area contributed by atoms with Gasteiger partial charge in [0, 0.05) is 46.7 Å². The first-order valence-corrected chi connectivity index (χ1v) is 9.91. The van der Waals surface area contributed by atoms with Crippen LogP contribution in [0.1, 0.15) is 18.1 Å². The number of nitrogens with zero attached hydrogens (tertiary/aromatic N) is 2. The van der Waals surface area contributed by atoms with E-state index in [0.29, 0.717) is 10.6 Å². The number of pyridine rings is 1. The predicted octanol–water partition coefficient (Wildman–Crippen LogP) is 4.14. The maximum absolute atomic E-state index is 11.9. The second-order valence-electron chi connectivity index (χ2n) is 5.95. The Morgan fingerprint density at radius 3 is 2.67 bits per heavy atom. The van der Waals surface area contributed by atoms with Gasteiger partial charge in [-0.15, -0.1) is 0 Å². The molecular weight excluding hydrogens is 344 g/mol. The van der Waals surface area contributed by atoms with Crippen molar-refractivity contribution in [3.63, 3.8) is 0 Å². The maximum atomic E-state index is 11.9. The van der Waals surface area contributed by atoms with Gasteiger partial charge in [-0.25, -0.2) is 8.42 Å².